The molecule has 72 valence electrons. The minimum absolute atomic E-state index is 0.844. The van der Waals surface area contributed by atoms with E-state index in [2.05, 4.69) is 32.1 Å². The van der Waals surface area contributed by atoms with Crippen LogP contribution in [-0.2, 0) is 0 Å². The van der Waals surface area contributed by atoms with Crippen LogP contribution >= 0.6 is 0 Å². The van der Waals surface area contributed by atoms with Crippen LogP contribution in [-0.4, -0.2) is 0 Å². The standard InChI is InChI=1S/C13H20/c1-10(2)12-9-5-7-11-6-3-4-8-13(11)12/h5-7,10,12-13H,3-4,8-9H2,1-2H3. The zero-order valence-electron chi connectivity index (χ0n) is 8.79. The third-order valence-corrected chi connectivity index (χ3v) is 3.62. The van der Waals surface area contributed by atoms with Gasteiger partial charge >= 0.3 is 0 Å². The van der Waals surface area contributed by atoms with E-state index in [9.17, 15) is 0 Å². The Morgan fingerprint density at radius 2 is 2.23 bits per heavy atom. The summed E-state index contributed by atoms with van der Waals surface area (Å²) in [4.78, 5) is 0. The number of allylic oxidation sites excluding steroid dienone is 4. The molecule has 2 aliphatic rings. The second-order valence-electron chi connectivity index (χ2n) is 4.79. The predicted octanol–water partition coefficient (Wildman–Crippen LogP) is 3.95. The van der Waals surface area contributed by atoms with E-state index in [1.165, 1.54) is 25.7 Å². The molecule has 0 N–H and O–H groups in total. The highest BCUT2D eigenvalue weighted by Gasteiger charge is 2.29. The fourth-order valence-electron chi connectivity index (χ4n) is 2.84. The summed E-state index contributed by atoms with van der Waals surface area (Å²) in [5.41, 5.74) is 1.64. The van der Waals surface area contributed by atoms with Crippen LogP contribution in [0.3, 0.4) is 0 Å². The van der Waals surface area contributed by atoms with Gasteiger partial charge in [-0.2, -0.15) is 0 Å². The molecule has 0 nitrogen and oxygen atoms in total. The van der Waals surface area contributed by atoms with E-state index < -0.39 is 0 Å². The minimum atomic E-state index is 0.844. The first kappa shape index (κ1) is 9.05. The van der Waals surface area contributed by atoms with Crippen molar-refractivity contribution in [3.8, 4) is 0 Å². The van der Waals surface area contributed by atoms with Crippen molar-refractivity contribution in [1.29, 1.82) is 0 Å². The normalized spacial score (nSPS) is 33.0. The molecule has 0 saturated heterocycles. The molecule has 0 amide bonds. The summed E-state index contributed by atoms with van der Waals surface area (Å²) in [5, 5.41) is 0. The van der Waals surface area contributed by atoms with Crippen LogP contribution in [0.5, 0.6) is 0 Å². The van der Waals surface area contributed by atoms with Crippen LogP contribution in [0.2, 0.25) is 0 Å². The Morgan fingerprint density at radius 3 is 3.00 bits per heavy atom. The van der Waals surface area contributed by atoms with Gasteiger partial charge in [-0.25, -0.2) is 0 Å². The van der Waals surface area contributed by atoms with Crippen molar-refractivity contribution >= 4 is 0 Å². The molecule has 0 heterocycles. The lowest BCUT2D eigenvalue weighted by atomic mass is 9.70. The Labute approximate surface area is 81.7 Å². The van der Waals surface area contributed by atoms with Crippen LogP contribution < -0.4 is 0 Å². The molecule has 0 aromatic carbocycles. The largest absolute Gasteiger partial charge is 0.0840 e. The first-order valence-electron chi connectivity index (χ1n) is 5.65. The van der Waals surface area contributed by atoms with Crippen molar-refractivity contribution in [1.82, 2.24) is 0 Å². The Hall–Kier alpha value is -0.520. The molecule has 0 aliphatic heterocycles. The van der Waals surface area contributed by atoms with Gasteiger partial charge < -0.3 is 0 Å². The molecule has 2 aliphatic carbocycles. The van der Waals surface area contributed by atoms with E-state index in [-0.39, 0.29) is 0 Å². The molecule has 0 bridgehead atoms. The van der Waals surface area contributed by atoms with E-state index in [4.69, 9.17) is 0 Å². The van der Waals surface area contributed by atoms with Crippen molar-refractivity contribution in [3.05, 3.63) is 23.8 Å². The molecule has 0 radical (unpaired) electrons. The monoisotopic (exact) mass is 176 g/mol. The Bertz CT molecular complexity index is 232. The summed E-state index contributed by atoms with van der Waals surface area (Å²) in [7, 11) is 0. The average molecular weight is 176 g/mol. The van der Waals surface area contributed by atoms with Crippen molar-refractivity contribution < 1.29 is 0 Å². The van der Waals surface area contributed by atoms with E-state index in [0.29, 0.717) is 0 Å². The smallest absolute Gasteiger partial charge is 0.0131 e. The molecule has 0 aromatic heterocycles. The summed E-state index contributed by atoms with van der Waals surface area (Å²) in [6, 6.07) is 0. The van der Waals surface area contributed by atoms with E-state index in [1.807, 2.05) is 0 Å². The van der Waals surface area contributed by atoms with Crippen LogP contribution in [0.1, 0.15) is 39.5 Å². The van der Waals surface area contributed by atoms with Gasteiger partial charge in [-0.15, -0.1) is 0 Å². The Morgan fingerprint density at radius 1 is 1.38 bits per heavy atom. The SMILES string of the molecule is CC(C)C1CC=CC2=CCCCC21. The van der Waals surface area contributed by atoms with Crippen LogP contribution in [0, 0.1) is 17.8 Å². The molecule has 2 unspecified atom stereocenters. The maximum atomic E-state index is 2.46. The summed E-state index contributed by atoms with van der Waals surface area (Å²) in [5.74, 6) is 2.65. The molecular formula is C13H20. The van der Waals surface area contributed by atoms with Crippen molar-refractivity contribution in [2.24, 2.45) is 17.8 Å². The molecular weight excluding hydrogens is 156 g/mol. The van der Waals surface area contributed by atoms with Crippen molar-refractivity contribution in [3.63, 3.8) is 0 Å². The number of rotatable bonds is 1. The molecule has 0 fully saturated rings. The number of hydrogen-bond donors (Lipinski definition) is 0. The fourth-order valence-corrected chi connectivity index (χ4v) is 2.84. The van der Waals surface area contributed by atoms with Crippen molar-refractivity contribution in [2.45, 2.75) is 39.5 Å². The lowest BCUT2D eigenvalue weighted by molar-refractivity contribution is 0.261. The summed E-state index contributed by atoms with van der Waals surface area (Å²) >= 11 is 0. The topological polar surface area (TPSA) is 0 Å². The molecule has 0 spiro atoms. The zero-order valence-corrected chi connectivity index (χ0v) is 8.79. The Balaban J connectivity index is 2.21. The van der Waals surface area contributed by atoms with Crippen LogP contribution in [0.15, 0.2) is 23.8 Å². The maximum absolute atomic E-state index is 2.46. The summed E-state index contributed by atoms with van der Waals surface area (Å²) in [6.45, 7) is 4.74. The fraction of sp³-hybridized carbons (Fsp3) is 0.692. The van der Waals surface area contributed by atoms with Gasteiger partial charge in [0.2, 0.25) is 0 Å². The van der Waals surface area contributed by atoms with Crippen LogP contribution in [0.4, 0.5) is 0 Å². The lowest BCUT2D eigenvalue weighted by Crippen LogP contribution is -2.25. The van der Waals surface area contributed by atoms with Gasteiger partial charge in [-0.1, -0.05) is 32.1 Å². The highest BCUT2D eigenvalue weighted by Crippen LogP contribution is 2.40. The van der Waals surface area contributed by atoms with E-state index in [1.54, 1.807) is 5.57 Å². The van der Waals surface area contributed by atoms with Gasteiger partial charge in [0.1, 0.15) is 0 Å². The lowest BCUT2D eigenvalue weighted by Gasteiger charge is -2.35. The molecule has 0 saturated carbocycles. The summed E-state index contributed by atoms with van der Waals surface area (Å²) in [6.07, 6.45) is 12.6. The van der Waals surface area contributed by atoms with E-state index >= 15 is 0 Å². The molecule has 13 heavy (non-hydrogen) atoms. The summed E-state index contributed by atoms with van der Waals surface area (Å²) < 4.78 is 0. The first-order chi connectivity index (χ1) is 6.29. The molecule has 2 atom stereocenters. The van der Waals surface area contributed by atoms with E-state index in [0.717, 1.165) is 17.8 Å². The first-order valence-corrected chi connectivity index (χ1v) is 5.65. The molecule has 0 aromatic rings. The van der Waals surface area contributed by atoms with Crippen molar-refractivity contribution in [2.75, 3.05) is 0 Å². The second-order valence-corrected chi connectivity index (χ2v) is 4.79. The van der Waals surface area contributed by atoms with Gasteiger partial charge in [-0.3, -0.25) is 0 Å². The molecule has 2 rings (SSSR count). The quantitative estimate of drug-likeness (QED) is 0.567. The van der Waals surface area contributed by atoms with Gasteiger partial charge in [0.05, 0.1) is 0 Å². The van der Waals surface area contributed by atoms with Crippen LogP contribution in [0.25, 0.3) is 0 Å². The predicted molar refractivity (Wildman–Crippen MR) is 57.5 cm³/mol. The number of hydrogen-bond acceptors (Lipinski definition) is 0. The average Bonchev–Trinajstić information content (AvgIpc) is 2.17. The highest BCUT2D eigenvalue weighted by molar-refractivity contribution is 5.27. The minimum Gasteiger partial charge on any atom is -0.0840 e. The third kappa shape index (κ3) is 1.72. The maximum Gasteiger partial charge on any atom is -0.0131 e. The molecule has 0 heteroatoms. The number of fused-ring (bicyclic) bond motifs is 1. The van der Waals surface area contributed by atoms with Gasteiger partial charge in [-0.05, 0) is 49.0 Å². The third-order valence-electron chi connectivity index (χ3n) is 3.62. The zero-order chi connectivity index (χ0) is 9.26. The van der Waals surface area contributed by atoms with Gasteiger partial charge in [0.25, 0.3) is 0 Å². The Kier molecular flexibility index (Phi) is 2.57. The van der Waals surface area contributed by atoms with Gasteiger partial charge in [0, 0.05) is 0 Å². The second kappa shape index (κ2) is 3.69. The van der Waals surface area contributed by atoms with Gasteiger partial charge in [0.15, 0.2) is 0 Å². The highest BCUT2D eigenvalue weighted by atomic mass is 14.3.